The molecule has 0 aliphatic rings. The van der Waals surface area contributed by atoms with Gasteiger partial charge in [0.05, 0.1) is 6.04 Å². The Labute approximate surface area is 109 Å². The fourth-order valence-electron chi connectivity index (χ4n) is 1.79. The van der Waals surface area contributed by atoms with Gasteiger partial charge in [0.25, 0.3) is 0 Å². The summed E-state index contributed by atoms with van der Waals surface area (Å²) in [6.45, 7) is 8.21. The minimum absolute atomic E-state index is 0.0569. The number of rotatable bonds is 5. The van der Waals surface area contributed by atoms with Crippen molar-refractivity contribution in [2.24, 2.45) is 16.1 Å². The van der Waals surface area contributed by atoms with Crippen LogP contribution in [0.25, 0.3) is 0 Å². The highest BCUT2D eigenvalue weighted by Gasteiger charge is 2.21. The molecule has 1 aromatic carbocycles. The molecule has 3 heteroatoms. The van der Waals surface area contributed by atoms with Gasteiger partial charge < -0.3 is 0 Å². The van der Waals surface area contributed by atoms with Crippen molar-refractivity contribution in [2.45, 2.75) is 45.2 Å². The molecule has 0 aliphatic heterocycles. The van der Waals surface area contributed by atoms with E-state index < -0.39 is 5.00 Å². The maximum Gasteiger partial charge on any atom is 0.152 e. The molecule has 94 valence electrons. The standard InChI is InChI=1S/C14H21ClN2/c1-11(2)10-14(4,15)17-16-12(3)13-8-6-5-7-9-13/h5-9,11-12H,10H2,1-4H3. The van der Waals surface area contributed by atoms with Crippen LogP contribution in [-0.4, -0.2) is 5.00 Å². The summed E-state index contributed by atoms with van der Waals surface area (Å²) in [4.78, 5) is -0.586. The number of hydrogen-bond acceptors (Lipinski definition) is 2. The van der Waals surface area contributed by atoms with Gasteiger partial charge >= 0.3 is 0 Å². The van der Waals surface area contributed by atoms with Gasteiger partial charge in [0.2, 0.25) is 0 Å². The Kier molecular flexibility index (Phi) is 5.13. The highest BCUT2D eigenvalue weighted by Crippen LogP contribution is 2.27. The summed E-state index contributed by atoms with van der Waals surface area (Å²) in [7, 11) is 0. The summed E-state index contributed by atoms with van der Waals surface area (Å²) in [6, 6.07) is 10.2. The maximum atomic E-state index is 6.30. The monoisotopic (exact) mass is 252 g/mol. The van der Waals surface area contributed by atoms with Crippen LogP contribution >= 0.6 is 11.6 Å². The molecule has 0 radical (unpaired) electrons. The Morgan fingerprint density at radius 1 is 1.18 bits per heavy atom. The minimum atomic E-state index is -0.586. The smallest absolute Gasteiger partial charge is 0.152 e. The van der Waals surface area contributed by atoms with Gasteiger partial charge in [0.15, 0.2) is 5.00 Å². The predicted octanol–water partition coefficient (Wildman–Crippen LogP) is 5.20. The van der Waals surface area contributed by atoms with E-state index in [1.165, 1.54) is 0 Å². The van der Waals surface area contributed by atoms with Gasteiger partial charge in [-0.3, -0.25) is 0 Å². The second kappa shape index (κ2) is 6.15. The number of nitrogens with zero attached hydrogens (tertiary/aromatic N) is 2. The lowest BCUT2D eigenvalue weighted by molar-refractivity contribution is 0.457. The molecule has 0 aromatic heterocycles. The summed E-state index contributed by atoms with van der Waals surface area (Å²) < 4.78 is 0. The highest BCUT2D eigenvalue weighted by molar-refractivity contribution is 6.23. The summed E-state index contributed by atoms with van der Waals surface area (Å²) in [5.74, 6) is 0.517. The van der Waals surface area contributed by atoms with Crippen molar-refractivity contribution in [3.8, 4) is 0 Å². The Bertz CT molecular complexity index is 358. The lowest BCUT2D eigenvalue weighted by Crippen LogP contribution is -2.15. The molecule has 2 nitrogen and oxygen atoms in total. The molecule has 0 N–H and O–H groups in total. The first-order chi connectivity index (χ1) is 7.91. The van der Waals surface area contributed by atoms with Gasteiger partial charge in [-0.15, -0.1) is 0 Å². The van der Waals surface area contributed by atoms with E-state index in [4.69, 9.17) is 11.6 Å². The molecular formula is C14H21ClN2. The maximum absolute atomic E-state index is 6.30. The zero-order valence-corrected chi connectivity index (χ0v) is 11.8. The normalized spacial score (nSPS) is 17.3. The van der Waals surface area contributed by atoms with Crippen molar-refractivity contribution in [2.75, 3.05) is 0 Å². The summed E-state index contributed by atoms with van der Waals surface area (Å²) in [5, 5.41) is 8.58. The van der Waals surface area contributed by atoms with E-state index in [1.54, 1.807) is 0 Å². The second-order valence-electron chi connectivity index (χ2n) is 5.04. The van der Waals surface area contributed by atoms with E-state index in [0.29, 0.717) is 5.92 Å². The Balaban J connectivity index is 2.65. The summed E-state index contributed by atoms with van der Waals surface area (Å²) >= 11 is 6.30. The van der Waals surface area contributed by atoms with Gasteiger partial charge in [0, 0.05) is 0 Å². The largest absolute Gasteiger partial charge is 0.184 e. The lowest BCUT2D eigenvalue weighted by atomic mass is 10.1. The van der Waals surface area contributed by atoms with E-state index in [1.807, 2.05) is 32.0 Å². The SMILES string of the molecule is CC(C)CC(C)(Cl)N=NC(C)c1ccccc1. The Hall–Kier alpha value is -0.890. The predicted molar refractivity (Wildman–Crippen MR) is 73.4 cm³/mol. The lowest BCUT2D eigenvalue weighted by Gasteiger charge is -2.18. The quantitative estimate of drug-likeness (QED) is 0.391. The van der Waals surface area contributed by atoms with Gasteiger partial charge in [-0.1, -0.05) is 55.8 Å². The van der Waals surface area contributed by atoms with Crippen LogP contribution in [0.15, 0.2) is 40.6 Å². The molecular weight excluding hydrogens is 232 g/mol. The molecule has 0 bridgehead atoms. The molecule has 0 heterocycles. The molecule has 0 fully saturated rings. The first-order valence-electron chi connectivity index (χ1n) is 6.06. The second-order valence-corrected chi connectivity index (χ2v) is 5.86. The van der Waals surface area contributed by atoms with E-state index in [9.17, 15) is 0 Å². The van der Waals surface area contributed by atoms with E-state index in [-0.39, 0.29) is 6.04 Å². The van der Waals surface area contributed by atoms with Crippen molar-refractivity contribution in [3.63, 3.8) is 0 Å². The fourth-order valence-corrected chi connectivity index (χ4v) is 2.14. The molecule has 0 aliphatic carbocycles. The molecule has 0 saturated heterocycles. The first kappa shape index (κ1) is 14.2. The van der Waals surface area contributed by atoms with E-state index in [0.717, 1.165) is 12.0 Å². The van der Waals surface area contributed by atoms with Crippen molar-refractivity contribution >= 4 is 11.6 Å². The Morgan fingerprint density at radius 3 is 2.29 bits per heavy atom. The molecule has 2 atom stereocenters. The van der Waals surface area contributed by atoms with Gasteiger partial charge in [-0.05, 0) is 31.7 Å². The van der Waals surface area contributed by atoms with Crippen molar-refractivity contribution in [1.29, 1.82) is 0 Å². The first-order valence-corrected chi connectivity index (χ1v) is 6.44. The van der Waals surface area contributed by atoms with Crippen molar-refractivity contribution in [3.05, 3.63) is 35.9 Å². The number of hydrogen-bond donors (Lipinski definition) is 0. The van der Waals surface area contributed by atoms with Crippen LogP contribution in [-0.2, 0) is 0 Å². The number of azo groups is 1. The highest BCUT2D eigenvalue weighted by atomic mass is 35.5. The average Bonchev–Trinajstić information content (AvgIpc) is 2.25. The van der Waals surface area contributed by atoms with Crippen molar-refractivity contribution < 1.29 is 0 Å². The molecule has 2 unspecified atom stereocenters. The van der Waals surface area contributed by atoms with Crippen LogP contribution in [0, 0.1) is 5.92 Å². The summed E-state index contributed by atoms with van der Waals surface area (Å²) in [5.41, 5.74) is 1.16. The molecule has 0 spiro atoms. The molecule has 1 aromatic rings. The van der Waals surface area contributed by atoms with Crippen LogP contribution in [0.4, 0.5) is 0 Å². The Morgan fingerprint density at radius 2 is 1.76 bits per heavy atom. The average molecular weight is 253 g/mol. The third kappa shape index (κ3) is 5.31. The van der Waals surface area contributed by atoms with Crippen LogP contribution in [0.5, 0.6) is 0 Å². The van der Waals surface area contributed by atoms with Gasteiger partial charge in [0.1, 0.15) is 0 Å². The fraction of sp³-hybridized carbons (Fsp3) is 0.571. The summed E-state index contributed by atoms with van der Waals surface area (Å²) in [6.07, 6.45) is 0.833. The van der Waals surface area contributed by atoms with Gasteiger partial charge in [-0.2, -0.15) is 10.2 Å². The zero-order chi connectivity index (χ0) is 12.9. The van der Waals surface area contributed by atoms with Gasteiger partial charge in [-0.25, -0.2) is 0 Å². The van der Waals surface area contributed by atoms with Crippen LogP contribution < -0.4 is 0 Å². The minimum Gasteiger partial charge on any atom is -0.184 e. The molecule has 0 saturated carbocycles. The third-order valence-electron chi connectivity index (χ3n) is 2.50. The molecule has 0 amide bonds. The van der Waals surface area contributed by atoms with Crippen LogP contribution in [0.3, 0.4) is 0 Å². The number of halogens is 1. The molecule has 17 heavy (non-hydrogen) atoms. The third-order valence-corrected chi connectivity index (χ3v) is 2.73. The van der Waals surface area contributed by atoms with Crippen molar-refractivity contribution in [1.82, 2.24) is 0 Å². The van der Waals surface area contributed by atoms with E-state index in [2.05, 4.69) is 36.2 Å². The van der Waals surface area contributed by atoms with E-state index >= 15 is 0 Å². The molecule has 1 rings (SSSR count). The number of benzene rings is 1. The number of alkyl halides is 1. The van der Waals surface area contributed by atoms with Crippen LogP contribution in [0.2, 0.25) is 0 Å². The topological polar surface area (TPSA) is 24.7 Å². The zero-order valence-electron chi connectivity index (χ0n) is 11.0. The van der Waals surface area contributed by atoms with Crippen LogP contribution in [0.1, 0.15) is 45.7 Å².